The highest BCUT2D eigenvalue weighted by Gasteiger charge is 2.57. The summed E-state index contributed by atoms with van der Waals surface area (Å²) in [6.45, 7) is 6.79. The average molecular weight is 421 g/mol. The minimum atomic E-state index is -0.212. The number of carbonyl (C=O) groups excluding carboxylic acids is 1. The Morgan fingerprint density at radius 3 is 2.84 bits per heavy atom. The van der Waals surface area contributed by atoms with E-state index in [2.05, 4.69) is 49.7 Å². The summed E-state index contributed by atoms with van der Waals surface area (Å²) >= 11 is 0. The zero-order chi connectivity index (χ0) is 21.4. The van der Waals surface area contributed by atoms with Gasteiger partial charge in [0.2, 0.25) is 11.8 Å². The van der Waals surface area contributed by atoms with E-state index in [1.807, 2.05) is 26.1 Å². The van der Waals surface area contributed by atoms with Gasteiger partial charge < -0.3 is 9.84 Å². The van der Waals surface area contributed by atoms with Crippen LogP contribution in [0.5, 0.6) is 0 Å². The molecule has 2 aliphatic rings. The van der Waals surface area contributed by atoms with E-state index in [1.165, 1.54) is 5.56 Å². The molecule has 1 saturated carbocycles. The molecule has 2 aromatic heterocycles. The van der Waals surface area contributed by atoms with E-state index in [0.29, 0.717) is 17.6 Å². The van der Waals surface area contributed by atoms with Gasteiger partial charge >= 0.3 is 0 Å². The fourth-order valence-electron chi connectivity index (χ4n) is 5.35. The van der Waals surface area contributed by atoms with Gasteiger partial charge in [-0.2, -0.15) is 10.1 Å². The molecule has 3 aromatic rings. The number of likely N-dealkylation sites (tertiary alicyclic amines) is 1. The number of rotatable bonds is 6. The van der Waals surface area contributed by atoms with E-state index in [0.717, 1.165) is 38.0 Å². The SMILES string of the molecule is Cc1cnn(CC(=O)NC2CC3CN(Cc4ccccc4)CC3(c3nc(C)no3)C2)c1. The number of aryl methyl sites for hydroxylation is 2. The molecule has 1 saturated heterocycles. The first kappa shape index (κ1) is 19.9. The fraction of sp³-hybridized carbons (Fsp3) is 0.478. The van der Waals surface area contributed by atoms with Crippen molar-refractivity contribution in [2.24, 2.45) is 5.92 Å². The molecule has 31 heavy (non-hydrogen) atoms. The second-order valence-electron chi connectivity index (χ2n) is 9.07. The third kappa shape index (κ3) is 3.99. The number of benzene rings is 1. The van der Waals surface area contributed by atoms with Gasteiger partial charge in [0.25, 0.3) is 0 Å². The number of aromatic nitrogens is 4. The number of amides is 1. The van der Waals surface area contributed by atoms with Crippen molar-refractivity contribution in [3.63, 3.8) is 0 Å². The lowest BCUT2D eigenvalue weighted by Crippen LogP contribution is -2.39. The van der Waals surface area contributed by atoms with Crippen LogP contribution in [0.25, 0.3) is 0 Å². The molecule has 1 amide bonds. The van der Waals surface area contributed by atoms with Crippen LogP contribution in [0.3, 0.4) is 0 Å². The normalized spacial score (nSPS) is 25.6. The Morgan fingerprint density at radius 2 is 2.13 bits per heavy atom. The van der Waals surface area contributed by atoms with Crippen LogP contribution < -0.4 is 5.32 Å². The zero-order valence-corrected chi connectivity index (χ0v) is 18.0. The minimum absolute atomic E-state index is 0.00826. The molecule has 3 atom stereocenters. The van der Waals surface area contributed by atoms with E-state index < -0.39 is 0 Å². The molecule has 3 heterocycles. The highest BCUT2D eigenvalue weighted by Crippen LogP contribution is 2.50. The van der Waals surface area contributed by atoms with E-state index in [4.69, 9.17) is 4.52 Å². The Labute approximate surface area is 181 Å². The van der Waals surface area contributed by atoms with E-state index >= 15 is 0 Å². The van der Waals surface area contributed by atoms with Gasteiger partial charge in [0.05, 0.1) is 11.6 Å². The summed E-state index contributed by atoms with van der Waals surface area (Å²) in [5.41, 5.74) is 2.14. The van der Waals surface area contributed by atoms with Crippen LogP contribution in [0.4, 0.5) is 0 Å². The molecule has 8 heteroatoms. The van der Waals surface area contributed by atoms with Crippen molar-refractivity contribution in [1.82, 2.24) is 30.1 Å². The molecule has 0 spiro atoms. The van der Waals surface area contributed by atoms with E-state index in [-0.39, 0.29) is 23.9 Å². The number of carbonyl (C=O) groups is 1. The van der Waals surface area contributed by atoms with Crippen LogP contribution >= 0.6 is 0 Å². The summed E-state index contributed by atoms with van der Waals surface area (Å²) in [6, 6.07) is 10.6. The fourth-order valence-corrected chi connectivity index (χ4v) is 5.35. The van der Waals surface area contributed by atoms with E-state index in [9.17, 15) is 4.79 Å². The maximum Gasteiger partial charge on any atom is 0.241 e. The van der Waals surface area contributed by atoms with Crippen molar-refractivity contribution in [2.45, 2.75) is 51.2 Å². The van der Waals surface area contributed by atoms with Gasteiger partial charge in [-0.3, -0.25) is 14.4 Å². The number of fused-ring (bicyclic) bond motifs is 1. The third-order valence-corrected chi connectivity index (χ3v) is 6.58. The molecule has 8 nitrogen and oxygen atoms in total. The van der Waals surface area contributed by atoms with Crippen molar-refractivity contribution >= 4 is 5.91 Å². The molecule has 5 rings (SSSR count). The molecule has 1 aliphatic carbocycles. The van der Waals surface area contributed by atoms with Crippen LogP contribution in [0.15, 0.2) is 47.2 Å². The molecular weight excluding hydrogens is 392 g/mol. The van der Waals surface area contributed by atoms with Crippen molar-refractivity contribution in [3.8, 4) is 0 Å². The summed E-state index contributed by atoms with van der Waals surface area (Å²) in [4.78, 5) is 19.7. The lowest BCUT2D eigenvalue weighted by molar-refractivity contribution is -0.122. The second-order valence-corrected chi connectivity index (χ2v) is 9.07. The van der Waals surface area contributed by atoms with Crippen LogP contribution in [0.2, 0.25) is 0 Å². The Hall–Kier alpha value is -3.00. The molecule has 1 aromatic carbocycles. The number of nitrogens with zero attached hydrogens (tertiary/aromatic N) is 5. The zero-order valence-electron chi connectivity index (χ0n) is 18.0. The molecule has 3 unspecified atom stereocenters. The number of hydrogen-bond acceptors (Lipinski definition) is 6. The maximum atomic E-state index is 12.6. The van der Waals surface area contributed by atoms with Crippen LogP contribution in [0, 0.1) is 19.8 Å². The molecule has 162 valence electrons. The Kier molecular flexibility index (Phi) is 5.09. The summed E-state index contributed by atoms with van der Waals surface area (Å²) in [5.74, 6) is 1.73. The lowest BCUT2D eigenvalue weighted by Gasteiger charge is -2.25. The first-order valence-electron chi connectivity index (χ1n) is 10.9. The minimum Gasteiger partial charge on any atom is -0.352 e. The molecule has 1 aliphatic heterocycles. The Bertz CT molecular complexity index is 1060. The molecule has 0 radical (unpaired) electrons. The van der Waals surface area contributed by atoms with Crippen molar-refractivity contribution < 1.29 is 9.32 Å². The van der Waals surface area contributed by atoms with Crippen LogP contribution in [0.1, 0.15) is 35.7 Å². The van der Waals surface area contributed by atoms with Gasteiger partial charge in [0.15, 0.2) is 5.82 Å². The smallest absolute Gasteiger partial charge is 0.241 e. The third-order valence-electron chi connectivity index (χ3n) is 6.58. The second kappa shape index (κ2) is 7.92. The quantitative estimate of drug-likeness (QED) is 0.658. The first-order chi connectivity index (χ1) is 15.0. The highest BCUT2D eigenvalue weighted by atomic mass is 16.5. The topological polar surface area (TPSA) is 89.1 Å². The Morgan fingerprint density at radius 1 is 1.29 bits per heavy atom. The predicted octanol–water partition coefficient (Wildman–Crippen LogP) is 2.23. The predicted molar refractivity (Wildman–Crippen MR) is 114 cm³/mol. The van der Waals surface area contributed by atoms with Crippen LogP contribution in [-0.2, 0) is 23.3 Å². The Balaban J connectivity index is 1.30. The molecule has 2 fully saturated rings. The summed E-state index contributed by atoms with van der Waals surface area (Å²) < 4.78 is 7.37. The van der Waals surface area contributed by atoms with Crippen molar-refractivity contribution in [1.29, 1.82) is 0 Å². The van der Waals surface area contributed by atoms with Gasteiger partial charge in [-0.05, 0) is 43.7 Å². The van der Waals surface area contributed by atoms with Crippen molar-refractivity contribution in [2.75, 3.05) is 13.1 Å². The van der Waals surface area contributed by atoms with Crippen LogP contribution in [-0.4, -0.2) is 49.9 Å². The highest BCUT2D eigenvalue weighted by molar-refractivity contribution is 5.76. The van der Waals surface area contributed by atoms with Gasteiger partial charge in [-0.15, -0.1) is 0 Å². The maximum absolute atomic E-state index is 12.6. The standard InChI is InChI=1S/C23H28N6O2/c1-16-10-24-29(11-16)14-21(30)26-20-8-19-13-28(12-18-6-4-3-5-7-18)15-23(19,9-20)22-25-17(2)27-31-22/h3-7,10-11,19-20H,8-9,12-15H2,1-2H3,(H,26,30). The number of nitrogens with one attached hydrogen (secondary N) is 1. The molecule has 1 N–H and O–H groups in total. The largest absolute Gasteiger partial charge is 0.352 e. The van der Waals surface area contributed by atoms with E-state index in [1.54, 1.807) is 10.9 Å². The van der Waals surface area contributed by atoms with Gasteiger partial charge in [-0.25, -0.2) is 0 Å². The van der Waals surface area contributed by atoms with Gasteiger partial charge in [0.1, 0.15) is 6.54 Å². The summed E-state index contributed by atoms with van der Waals surface area (Å²) in [5, 5.41) is 11.5. The average Bonchev–Trinajstić information content (AvgIpc) is 3.47. The van der Waals surface area contributed by atoms with Gasteiger partial charge in [0, 0.05) is 31.9 Å². The monoisotopic (exact) mass is 420 g/mol. The summed E-state index contributed by atoms with van der Waals surface area (Å²) in [6.07, 6.45) is 5.37. The lowest BCUT2D eigenvalue weighted by atomic mass is 9.80. The number of hydrogen-bond donors (Lipinski definition) is 1. The van der Waals surface area contributed by atoms with Gasteiger partial charge in [-0.1, -0.05) is 35.5 Å². The van der Waals surface area contributed by atoms with Crippen molar-refractivity contribution in [3.05, 3.63) is 65.6 Å². The molecule has 0 bridgehead atoms. The molecular formula is C23H28N6O2. The first-order valence-corrected chi connectivity index (χ1v) is 10.9. The summed E-state index contributed by atoms with van der Waals surface area (Å²) in [7, 11) is 0.